The summed E-state index contributed by atoms with van der Waals surface area (Å²) >= 11 is 1.71. The van der Waals surface area contributed by atoms with Gasteiger partial charge >= 0.3 is 0 Å². The molecule has 0 amide bonds. The third kappa shape index (κ3) is 11.5. The van der Waals surface area contributed by atoms with E-state index in [1.807, 2.05) is 152 Å². The van der Waals surface area contributed by atoms with Crippen LogP contribution in [0.4, 0.5) is 0 Å². The SMILES string of the molecule is c1ccc(-c2nc(-c3ccccc3)nc(-n3c4ccccc4c4ccc(-c5cccc(-c6ccc7c(c6)c6cc(-c8cnc9c(c8)sc8ccc(-n%10c%11ccccc%11c%11cc(-c%12cccc(-c%13ccc%14c%15ccccc%15n(-c%15nc(-c%16ccccc%16)nc(-c%16ccccc%16)n%15)c%14c%13)c%12)ccc%11%10)nc89)ccc6n7-c6ccc7oc8cccnc8c7n6)c5)cc43)n2)cc1. The quantitative estimate of drug-likeness (QED) is 0.108. The van der Waals surface area contributed by atoms with Gasteiger partial charge in [-0.3, -0.25) is 28.2 Å². The third-order valence-electron chi connectivity index (χ3n) is 24.6. The highest BCUT2D eigenvalue weighted by atomic mass is 32.1. The first-order valence-corrected chi connectivity index (χ1v) is 42.7. The number of furan rings is 1. The van der Waals surface area contributed by atoms with Gasteiger partial charge < -0.3 is 4.42 Å². The molecule has 0 aliphatic rings. The van der Waals surface area contributed by atoms with Crippen molar-refractivity contribution in [1.29, 1.82) is 0 Å². The van der Waals surface area contributed by atoms with Crippen LogP contribution in [0.2, 0.25) is 0 Å². The molecule has 16 heteroatoms. The van der Waals surface area contributed by atoms with Gasteiger partial charge in [-0.25, -0.2) is 19.9 Å². The second-order valence-corrected chi connectivity index (χ2v) is 33.0. The molecule has 12 aromatic heterocycles. The number of benzene rings is 14. The first kappa shape index (κ1) is 70.7. The normalized spacial score (nSPS) is 12.0. The molecule has 0 bridgehead atoms. The lowest BCUT2D eigenvalue weighted by molar-refractivity contribution is 0.667. The average molecular weight is 1630 g/mol. The Labute approximate surface area is 722 Å². The Kier molecular flexibility index (Phi) is 15.9. The first-order chi connectivity index (χ1) is 62.4. The molecule has 0 saturated heterocycles. The predicted octanol–water partition coefficient (Wildman–Crippen LogP) is 27.3. The molecular weight excluding hydrogens is 1570 g/mol. The van der Waals surface area contributed by atoms with Gasteiger partial charge in [0, 0.05) is 83.3 Å². The standard InChI is InChI=1S/C110H64N14OS/c1-5-22-65(23-6-1)105-115-106(66-24-7-2-8-25-66)118-109(117-105)123-88-38-17-13-34-79(88)82-46-41-76(61-93(82)123)71-32-19-30-69(56-71)73-43-48-90-84(58-73)81-36-15-16-37-87(81)121(90)100-54-52-97-104(114-100)103-98(126-97)63-78(64-112-103)75-45-50-92-86(60-75)85-59-74(44-49-91(85)122(92)99-53-51-96-102(113-99)101-95(125-96)40-21-55-111-101)70-31-20-33-72(57-70)77-42-47-83-80-35-14-18-39-89(80)124(94(83)62-77)110-119-107(67-26-9-3-10-27-67)116-108(120-110)68-28-11-4-12-29-68/h1-64H. The topological polar surface area (TPSA) is 162 Å². The number of thiophene rings is 1. The number of fused-ring (bicyclic) bond motifs is 18. The molecule has 0 aliphatic heterocycles. The van der Waals surface area contributed by atoms with Gasteiger partial charge in [-0.05, 0) is 171 Å². The van der Waals surface area contributed by atoms with Crippen molar-refractivity contribution in [1.82, 2.24) is 68.1 Å². The lowest BCUT2D eigenvalue weighted by Gasteiger charge is -2.12. The molecule has 0 fully saturated rings. The summed E-state index contributed by atoms with van der Waals surface area (Å²) in [6, 6.07) is 132. The minimum atomic E-state index is 0.542. The van der Waals surface area contributed by atoms with Crippen LogP contribution in [0.1, 0.15) is 0 Å². The largest absolute Gasteiger partial charge is 0.453 e. The maximum Gasteiger partial charge on any atom is 0.238 e. The van der Waals surface area contributed by atoms with Crippen molar-refractivity contribution in [3.8, 4) is 125 Å². The van der Waals surface area contributed by atoms with E-state index in [1.165, 1.54) is 0 Å². The summed E-state index contributed by atoms with van der Waals surface area (Å²) < 4.78 is 17.3. The van der Waals surface area contributed by atoms with E-state index in [2.05, 4.69) is 249 Å². The minimum absolute atomic E-state index is 0.542. The molecule has 26 aromatic rings. The van der Waals surface area contributed by atoms with Crippen LogP contribution in [0.3, 0.4) is 0 Å². The van der Waals surface area contributed by atoms with Crippen LogP contribution in [0, 0.1) is 0 Å². The molecule has 0 atom stereocenters. The van der Waals surface area contributed by atoms with Gasteiger partial charge in [0.1, 0.15) is 33.7 Å². The smallest absolute Gasteiger partial charge is 0.238 e. The van der Waals surface area contributed by atoms with E-state index >= 15 is 0 Å². The summed E-state index contributed by atoms with van der Waals surface area (Å²) in [5, 5.41) is 8.85. The molecule has 0 spiro atoms. The van der Waals surface area contributed by atoms with Crippen LogP contribution < -0.4 is 0 Å². The summed E-state index contributed by atoms with van der Waals surface area (Å²) in [5.41, 5.74) is 27.0. The fourth-order valence-corrected chi connectivity index (χ4v) is 19.7. The summed E-state index contributed by atoms with van der Waals surface area (Å²) in [4.78, 5) is 52.0. The van der Waals surface area contributed by atoms with Crippen molar-refractivity contribution in [3.63, 3.8) is 0 Å². The Bertz CT molecular complexity index is 8890. The van der Waals surface area contributed by atoms with Crippen molar-refractivity contribution in [3.05, 3.63) is 389 Å². The number of para-hydroxylation sites is 3. The lowest BCUT2D eigenvalue weighted by atomic mass is 9.97. The second-order valence-electron chi connectivity index (χ2n) is 31.9. The fourth-order valence-electron chi connectivity index (χ4n) is 18.7. The van der Waals surface area contributed by atoms with E-state index in [1.54, 1.807) is 17.5 Å². The molecule has 0 radical (unpaired) electrons. The molecule has 14 aromatic carbocycles. The minimum Gasteiger partial charge on any atom is -0.453 e. The highest BCUT2D eigenvalue weighted by Gasteiger charge is 2.26. The number of hydrogen-bond acceptors (Lipinski definition) is 12. The summed E-state index contributed by atoms with van der Waals surface area (Å²) in [5.74, 6) is 5.08. The van der Waals surface area contributed by atoms with Gasteiger partial charge in [-0.15, -0.1) is 11.3 Å². The molecule has 0 unspecified atom stereocenters. The van der Waals surface area contributed by atoms with Crippen LogP contribution in [0.15, 0.2) is 393 Å². The van der Waals surface area contributed by atoms with E-state index in [-0.39, 0.29) is 0 Å². The van der Waals surface area contributed by atoms with E-state index in [0.717, 1.165) is 203 Å². The van der Waals surface area contributed by atoms with Crippen LogP contribution in [0.5, 0.6) is 0 Å². The van der Waals surface area contributed by atoms with Crippen LogP contribution in [-0.4, -0.2) is 68.1 Å². The van der Waals surface area contributed by atoms with Gasteiger partial charge in [-0.1, -0.05) is 255 Å². The summed E-state index contributed by atoms with van der Waals surface area (Å²) in [7, 11) is 0. The molecule has 15 nitrogen and oxygen atoms in total. The van der Waals surface area contributed by atoms with Crippen molar-refractivity contribution in [2.45, 2.75) is 0 Å². The van der Waals surface area contributed by atoms with E-state index in [0.29, 0.717) is 51.9 Å². The highest BCUT2D eigenvalue weighted by Crippen LogP contribution is 2.45. The summed E-state index contributed by atoms with van der Waals surface area (Å²) in [6.07, 6.45) is 3.80. The molecule has 12 heterocycles. The predicted molar refractivity (Wildman–Crippen MR) is 511 cm³/mol. The molecular formula is C110H64N14OS. The Balaban J connectivity index is 0.548. The van der Waals surface area contributed by atoms with Gasteiger partial charge in [0.15, 0.2) is 34.5 Å². The fraction of sp³-hybridized carbons (Fsp3) is 0. The first-order valence-electron chi connectivity index (χ1n) is 41.9. The number of pyridine rings is 4. The zero-order valence-corrected chi connectivity index (χ0v) is 67.8. The second kappa shape index (κ2) is 28.3. The van der Waals surface area contributed by atoms with E-state index in [9.17, 15) is 0 Å². The number of hydrogen-bond donors (Lipinski definition) is 0. The third-order valence-corrected chi connectivity index (χ3v) is 25.7. The van der Waals surface area contributed by atoms with Crippen molar-refractivity contribution >= 4 is 141 Å². The van der Waals surface area contributed by atoms with Gasteiger partial charge in [0.25, 0.3) is 0 Å². The zero-order chi connectivity index (χ0) is 82.6. The summed E-state index contributed by atoms with van der Waals surface area (Å²) in [6.45, 7) is 0. The van der Waals surface area contributed by atoms with Crippen LogP contribution >= 0.6 is 11.3 Å². The van der Waals surface area contributed by atoms with Crippen LogP contribution in [0.25, 0.3) is 255 Å². The molecule has 126 heavy (non-hydrogen) atoms. The van der Waals surface area contributed by atoms with Gasteiger partial charge in [0.2, 0.25) is 11.9 Å². The Morgan fingerprint density at radius 3 is 1.05 bits per heavy atom. The number of aromatic nitrogens is 14. The van der Waals surface area contributed by atoms with Crippen molar-refractivity contribution < 1.29 is 4.42 Å². The maximum absolute atomic E-state index is 6.29. The lowest BCUT2D eigenvalue weighted by Crippen LogP contribution is -2.06. The highest BCUT2D eigenvalue weighted by molar-refractivity contribution is 7.25. The van der Waals surface area contributed by atoms with E-state index < -0.39 is 0 Å². The average Bonchev–Trinajstić information content (AvgIpc) is 1.60. The van der Waals surface area contributed by atoms with E-state index in [4.69, 9.17) is 54.3 Å². The van der Waals surface area contributed by atoms with Gasteiger partial charge in [-0.2, -0.15) is 19.9 Å². The monoisotopic (exact) mass is 1630 g/mol. The molecule has 0 aliphatic carbocycles. The van der Waals surface area contributed by atoms with Crippen molar-refractivity contribution in [2.75, 3.05) is 0 Å². The van der Waals surface area contributed by atoms with Gasteiger partial charge in [0.05, 0.1) is 53.5 Å². The Morgan fingerprint density at radius 1 is 0.198 bits per heavy atom. The molecule has 586 valence electrons. The van der Waals surface area contributed by atoms with Crippen LogP contribution in [-0.2, 0) is 0 Å². The molecule has 0 saturated carbocycles. The Hall–Kier alpha value is -17.1. The molecule has 0 N–H and O–H groups in total. The molecule has 26 rings (SSSR count). The number of rotatable bonds is 13. The zero-order valence-electron chi connectivity index (χ0n) is 67.0. The van der Waals surface area contributed by atoms with Crippen molar-refractivity contribution in [2.24, 2.45) is 0 Å². The Morgan fingerprint density at radius 2 is 0.563 bits per heavy atom. The number of nitrogens with zero attached hydrogens (tertiary/aromatic N) is 14. The maximum atomic E-state index is 6.29.